The van der Waals surface area contributed by atoms with E-state index in [-0.39, 0.29) is 12.5 Å². The number of nitrogens with zero attached hydrogens (tertiary/aromatic N) is 1. The molecule has 0 spiro atoms. The molecule has 0 aliphatic carbocycles. The van der Waals surface area contributed by atoms with E-state index in [4.69, 9.17) is 27.9 Å². The Labute approximate surface area is 167 Å². The number of nitrogens with one attached hydrogen (secondary N) is 1. The van der Waals surface area contributed by atoms with E-state index in [2.05, 4.69) is 11.1 Å². The van der Waals surface area contributed by atoms with E-state index in [1.807, 2.05) is 36.5 Å². The summed E-state index contributed by atoms with van der Waals surface area (Å²) < 4.78 is 5.56. The number of rotatable bonds is 4. The number of para-hydroxylation sites is 1. The standard InChI is InChI=1S/C21H18Cl2N2O2/c22-15-5-6-19-16(11-15)17(12-24-19)14-7-9-25(10-8-14)21(26)13-27-20-4-2-1-3-18(20)23/h1-7,11-12,24H,8-10,13H2. The Morgan fingerprint density at radius 2 is 2.04 bits per heavy atom. The molecule has 138 valence electrons. The number of amides is 1. The van der Waals surface area contributed by atoms with Gasteiger partial charge in [0.05, 0.1) is 5.02 Å². The molecule has 0 saturated carbocycles. The second-order valence-corrected chi connectivity index (χ2v) is 7.27. The predicted octanol–water partition coefficient (Wildman–Crippen LogP) is 5.17. The highest BCUT2D eigenvalue weighted by molar-refractivity contribution is 6.32. The van der Waals surface area contributed by atoms with E-state index in [0.29, 0.717) is 28.9 Å². The first-order chi connectivity index (χ1) is 13.1. The molecular formula is C21H18Cl2N2O2. The highest BCUT2D eigenvalue weighted by Crippen LogP contribution is 2.31. The van der Waals surface area contributed by atoms with Crippen molar-refractivity contribution < 1.29 is 9.53 Å². The molecule has 1 amide bonds. The molecule has 0 bridgehead atoms. The lowest BCUT2D eigenvalue weighted by molar-refractivity contribution is -0.132. The van der Waals surface area contributed by atoms with Crippen molar-refractivity contribution in [1.82, 2.24) is 9.88 Å². The highest BCUT2D eigenvalue weighted by Gasteiger charge is 2.20. The number of benzene rings is 2. The van der Waals surface area contributed by atoms with Crippen LogP contribution in [0, 0.1) is 0 Å². The average Bonchev–Trinajstić information content (AvgIpc) is 3.10. The maximum Gasteiger partial charge on any atom is 0.260 e. The van der Waals surface area contributed by atoms with Crippen LogP contribution in [0.5, 0.6) is 5.75 Å². The van der Waals surface area contributed by atoms with Gasteiger partial charge in [-0.2, -0.15) is 0 Å². The number of carbonyl (C=O) groups is 1. The van der Waals surface area contributed by atoms with Crippen molar-refractivity contribution in [3.8, 4) is 5.75 Å². The molecule has 3 aromatic rings. The van der Waals surface area contributed by atoms with Crippen LogP contribution in [-0.4, -0.2) is 35.5 Å². The number of carbonyl (C=O) groups excluding carboxylic acids is 1. The summed E-state index contributed by atoms with van der Waals surface area (Å²) in [5, 5.41) is 2.33. The van der Waals surface area contributed by atoms with Gasteiger partial charge < -0.3 is 14.6 Å². The predicted molar refractivity (Wildman–Crippen MR) is 109 cm³/mol. The first-order valence-corrected chi connectivity index (χ1v) is 9.48. The first kappa shape index (κ1) is 18.0. The molecule has 1 aliphatic rings. The number of hydrogen-bond donors (Lipinski definition) is 1. The molecule has 0 saturated heterocycles. The van der Waals surface area contributed by atoms with Crippen molar-refractivity contribution in [3.63, 3.8) is 0 Å². The Balaban J connectivity index is 1.42. The van der Waals surface area contributed by atoms with Gasteiger partial charge in [0.1, 0.15) is 5.75 Å². The summed E-state index contributed by atoms with van der Waals surface area (Å²) in [5.74, 6) is 0.476. The van der Waals surface area contributed by atoms with Crippen LogP contribution in [0.4, 0.5) is 0 Å². The van der Waals surface area contributed by atoms with Gasteiger partial charge in [0.25, 0.3) is 5.91 Å². The maximum absolute atomic E-state index is 12.4. The van der Waals surface area contributed by atoms with E-state index in [1.54, 1.807) is 17.0 Å². The fourth-order valence-corrected chi connectivity index (χ4v) is 3.65. The zero-order valence-electron chi connectivity index (χ0n) is 14.5. The molecule has 2 heterocycles. The monoisotopic (exact) mass is 400 g/mol. The second-order valence-electron chi connectivity index (χ2n) is 6.43. The Bertz CT molecular complexity index is 1030. The molecule has 0 fully saturated rings. The van der Waals surface area contributed by atoms with Crippen molar-refractivity contribution in [2.75, 3.05) is 19.7 Å². The lowest BCUT2D eigenvalue weighted by atomic mass is 9.99. The smallest absolute Gasteiger partial charge is 0.260 e. The molecule has 0 atom stereocenters. The van der Waals surface area contributed by atoms with Gasteiger partial charge >= 0.3 is 0 Å². The van der Waals surface area contributed by atoms with Crippen molar-refractivity contribution in [2.24, 2.45) is 0 Å². The highest BCUT2D eigenvalue weighted by atomic mass is 35.5. The number of fused-ring (bicyclic) bond motifs is 1. The van der Waals surface area contributed by atoms with E-state index in [1.165, 1.54) is 5.57 Å². The number of aromatic nitrogens is 1. The molecule has 4 nitrogen and oxygen atoms in total. The quantitative estimate of drug-likeness (QED) is 0.656. The van der Waals surface area contributed by atoms with Crippen LogP contribution in [0.3, 0.4) is 0 Å². The summed E-state index contributed by atoms with van der Waals surface area (Å²) in [6, 6.07) is 13.0. The molecule has 0 unspecified atom stereocenters. The molecule has 6 heteroatoms. The normalized spacial score (nSPS) is 14.3. The molecule has 1 aliphatic heterocycles. The van der Waals surface area contributed by atoms with Gasteiger partial charge in [-0.25, -0.2) is 0 Å². The summed E-state index contributed by atoms with van der Waals surface area (Å²) in [5.41, 5.74) is 3.42. The number of halogens is 2. The van der Waals surface area contributed by atoms with Crippen LogP contribution >= 0.6 is 23.2 Å². The first-order valence-electron chi connectivity index (χ1n) is 8.73. The summed E-state index contributed by atoms with van der Waals surface area (Å²) in [4.78, 5) is 17.5. The SMILES string of the molecule is O=C(COc1ccccc1Cl)N1CC=C(c2c[nH]c3ccc(Cl)cc23)CC1. The molecule has 1 aromatic heterocycles. The minimum atomic E-state index is -0.0489. The minimum absolute atomic E-state index is 0.0183. The van der Waals surface area contributed by atoms with Crippen LogP contribution in [0.1, 0.15) is 12.0 Å². The number of aromatic amines is 1. The van der Waals surface area contributed by atoms with E-state index in [0.717, 1.165) is 22.9 Å². The lowest BCUT2D eigenvalue weighted by Gasteiger charge is -2.26. The molecular weight excluding hydrogens is 383 g/mol. The third kappa shape index (κ3) is 3.82. The van der Waals surface area contributed by atoms with Gasteiger partial charge in [-0.15, -0.1) is 0 Å². The molecule has 27 heavy (non-hydrogen) atoms. The number of hydrogen-bond acceptors (Lipinski definition) is 2. The zero-order valence-corrected chi connectivity index (χ0v) is 16.1. The zero-order chi connectivity index (χ0) is 18.8. The fourth-order valence-electron chi connectivity index (χ4n) is 3.29. The number of H-pyrrole nitrogens is 1. The Morgan fingerprint density at radius 1 is 1.19 bits per heavy atom. The van der Waals surface area contributed by atoms with Gasteiger partial charge in [0.2, 0.25) is 0 Å². The van der Waals surface area contributed by atoms with Crippen LogP contribution in [-0.2, 0) is 4.79 Å². The van der Waals surface area contributed by atoms with Crippen LogP contribution < -0.4 is 4.74 Å². The van der Waals surface area contributed by atoms with Crippen LogP contribution in [0.15, 0.2) is 54.7 Å². The van der Waals surface area contributed by atoms with Crippen molar-refractivity contribution in [2.45, 2.75) is 6.42 Å². The second kappa shape index (κ2) is 7.67. The van der Waals surface area contributed by atoms with Crippen LogP contribution in [0.2, 0.25) is 10.0 Å². The van der Waals surface area contributed by atoms with Gasteiger partial charge in [-0.1, -0.05) is 41.4 Å². The maximum atomic E-state index is 12.4. The summed E-state index contributed by atoms with van der Waals surface area (Å²) in [7, 11) is 0. The van der Waals surface area contributed by atoms with Crippen molar-refractivity contribution in [1.29, 1.82) is 0 Å². The topological polar surface area (TPSA) is 45.3 Å². The van der Waals surface area contributed by atoms with Gasteiger partial charge in [-0.05, 0) is 42.3 Å². The third-order valence-electron chi connectivity index (χ3n) is 4.74. The largest absolute Gasteiger partial charge is 0.482 e. The minimum Gasteiger partial charge on any atom is -0.482 e. The Kier molecular flexibility index (Phi) is 5.10. The Morgan fingerprint density at radius 3 is 2.81 bits per heavy atom. The summed E-state index contributed by atoms with van der Waals surface area (Å²) >= 11 is 12.2. The van der Waals surface area contributed by atoms with Crippen molar-refractivity contribution in [3.05, 3.63) is 70.3 Å². The fraction of sp³-hybridized carbons (Fsp3) is 0.190. The van der Waals surface area contributed by atoms with Gasteiger partial charge in [-0.3, -0.25) is 4.79 Å². The third-order valence-corrected chi connectivity index (χ3v) is 5.29. The van der Waals surface area contributed by atoms with Crippen molar-refractivity contribution >= 4 is 45.6 Å². The molecule has 1 N–H and O–H groups in total. The van der Waals surface area contributed by atoms with Gasteiger partial charge in [0, 0.05) is 40.8 Å². The molecule has 4 rings (SSSR count). The average molecular weight is 401 g/mol. The van der Waals surface area contributed by atoms with E-state index in [9.17, 15) is 4.79 Å². The van der Waals surface area contributed by atoms with E-state index < -0.39 is 0 Å². The summed E-state index contributed by atoms with van der Waals surface area (Å²) in [6.07, 6.45) is 4.89. The van der Waals surface area contributed by atoms with Crippen LogP contribution in [0.25, 0.3) is 16.5 Å². The molecule has 2 aromatic carbocycles. The molecule has 0 radical (unpaired) electrons. The summed E-state index contributed by atoms with van der Waals surface area (Å²) in [6.45, 7) is 1.20. The van der Waals surface area contributed by atoms with E-state index >= 15 is 0 Å². The lowest BCUT2D eigenvalue weighted by Crippen LogP contribution is -2.37. The number of ether oxygens (including phenoxy) is 1. The Hall–Kier alpha value is -2.43. The van der Waals surface area contributed by atoms with Gasteiger partial charge in [0.15, 0.2) is 6.61 Å².